The first kappa shape index (κ1) is 16.7. The lowest BCUT2D eigenvalue weighted by atomic mass is 10.3. The van der Waals surface area contributed by atoms with Crippen molar-refractivity contribution in [1.29, 1.82) is 0 Å². The number of nitrogens with one attached hydrogen (secondary N) is 1. The van der Waals surface area contributed by atoms with Gasteiger partial charge in [0.1, 0.15) is 0 Å². The summed E-state index contributed by atoms with van der Waals surface area (Å²) in [5.41, 5.74) is 0.825. The van der Waals surface area contributed by atoms with Crippen LogP contribution in [0.5, 0.6) is 0 Å². The number of thiazole rings is 1. The molecule has 2 N–H and O–H groups in total. The van der Waals surface area contributed by atoms with Crippen molar-refractivity contribution in [3.8, 4) is 0 Å². The molecule has 1 aromatic heterocycles. The molecular formula is C11H16F3N3O2S. The number of alkyl halides is 3. The Hall–Kier alpha value is -1.35. The molecule has 1 atom stereocenters. The average molecular weight is 311 g/mol. The number of urea groups is 1. The predicted octanol–water partition coefficient (Wildman–Crippen LogP) is 2.48. The van der Waals surface area contributed by atoms with E-state index in [1.807, 2.05) is 6.92 Å². The van der Waals surface area contributed by atoms with Gasteiger partial charge in [-0.15, -0.1) is 11.3 Å². The SMILES string of the molecule is CCCc1csc(NC(=O)N(C)CC(O)C(F)(F)F)n1. The second-order valence-corrected chi connectivity index (χ2v) is 5.12. The van der Waals surface area contributed by atoms with Gasteiger partial charge >= 0.3 is 12.2 Å². The number of hydrogen-bond donors (Lipinski definition) is 2. The summed E-state index contributed by atoms with van der Waals surface area (Å²) >= 11 is 1.21. The van der Waals surface area contributed by atoms with E-state index in [-0.39, 0.29) is 0 Å². The van der Waals surface area contributed by atoms with E-state index >= 15 is 0 Å². The van der Waals surface area contributed by atoms with Gasteiger partial charge in [0, 0.05) is 12.4 Å². The molecule has 9 heteroatoms. The lowest BCUT2D eigenvalue weighted by molar-refractivity contribution is -0.205. The fourth-order valence-corrected chi connectivity index (χ4v) is 2.10. The summed E-state index contributed by atoms with van der Waals surface area (Å²) in [6, 6.07) is -0.745. The molecule has 114 valence electrons. The third-order valence-electron chi connectivity index (χ3n) is 2.44. The number of anilines is 1. The highest BCUT2D eigenvalue weighted by atomic mass is 32.1. The highest BCUT2D eigenvalue weighted by Gasteiger charge is 2.39. The van der Waals surface area contributed by atoms with Crippen LogP contribution in [0, 0.1) is 0 Å². The third-order valence-corrected chi connectivity index (χ3v) is 3.25. The van der Waals surface area contributed by atoms with E-state index in [1.165, 1.54) is 18.4 Å². The summed E-state index contributed by atoms with van der Waals surface area (Å²) in [6.45, 7) is 1.16. The zero-order chi connectivity index (χ0) is 15.3. The molecule has 1 rings (SSSR count). The molecule has 20 heavy (non-hydrogen) atoms. The average Bonchev–Trinajstić information content (AvgIpc) is 2.75. The Morgan fingerprint density at radius 3 is 2.80 bits per heavy atom. The third kappa shape index (κ3) is 4.97. The molecule has 1 aromatic rings. The molecule has 0 aliphatic carbocycles. The van der Waals surface area contributed by atoms with E-state index in [0.29, 0.717) is 5.13 Å². The monoisotopic (exact) mass is 311 g/mol. The first-order valence-electron chi connectivity index (χ1n) is 5.95. The summed E-state index contributed by atoms with van der Waals surface area (Å²) in [4.78, 5) is 16.5. The van der Waals surface area contributed by atoms with Crippen LogP contribution < -0.4 is 5.32 Å². The molecule has 0 saturated carbocycles. The number of nitrogens with zero attached hydrogens (tertiary/aromatic N) is 2. The van der Waals surface area contributed by atoms with Crippen molar-refractivity contribution in [3.63, 3.8) is 0 Å². The van der Waals surface area contributed by atoms with Gasteiger partial charge in [0.2, 0.25) is 0 Å². The minimum Gasteiger partial charge on any atom is -0.382 e. The number of carbonyl (C=O) groups excluding carboxylic acids is 1. The Morgan fingerprint density at radius 2 is 2.25 bits per heavy atom. The van der Waals surface area contributed by atoms with Gasteiger partial charge in [-0.25, -0.2) is 9.78 Å². The molecule has 1 unspecified atom stereocenters. The fourth-order valence-electron chi connectivity index (χ4n) is 1.37. The smallest absolute Gasteiger partial charge is 0.382 e. The Balaban J connectivity index is 2.52. The first-order valence-corrected chi connectivity index (χ1v) is 6.83. The van der Waals surface area contributed by atoms with E-state index in [2.05, 4.69) is 10.3 Å². The Labute approximate surface area is 118 Å². The van der Waals surface area contributed by atoms with Gasteiger partial charge in [-0.2, -0.15) is 13.2 Å². The van der Waals surface area contributed by atoms with Crippen molar-refractivity contribution in [3.05, 3.63) is 11.1 Å². The minimum absolute atomic E-state index is 0.326. The number of aliphatic hydroxyl groups is 1. The molecule has 0 aromatic carbocycles. The van der Waals surface area contributed by atoms with Crippen LogP contribution in [0.25, 0.3) is 0 Å². The standard InChI is InChI=1S/C11H16F3N3O2S/c1-3-4-7-6-20-9(15-7)16-10(19)17(2)5-8(18)11(12,13)14/h6,8,18H,3-5H2,1-2H3,(H,15,16,19). The largest absolute Gasteiger partial charge is 0.416 e. The molecule has 1 heterocycles. The van der Waals surface area contributed by atoms with Crippen LogP contribution >= 0.6 is 11.3 Å². The van der Waals surface area contributed by atoms with Crippen LogP contribution in [0.1, 0.15) is 19.0 Å². The van der Waals surface area contributed by atoms with Crippen LogP contribution in [0.15, 0.2) is 5.38 Å². The van der Waals surface area contributed by atoms with E-state index < -0.39 is 24.9 Å². The Bertz CT molecular complexity index is 450. The molecule has 0 aliphatic rings. The highest BCUT2D eigenvalue weighted by Crippen LogP contribution is 2.21. The van der Waals surface area contributed by atoms with Crippen molar-refractivity contribution in [2.24, 2.45) is 0 Å². The number of rotatable bonds is 5. The molecule has 0 saturated heterocycles. The summed E-state index contributed by atoms with van der Waals surface area (Å²) < 4.78 is 36.5. The Morgan fingerprint density at radius 1 is 1.60 bits per heavy atom. The number of halogens is 3. The van der Waals surface area contributed by atoms with Gasteiger partial charge < -0.3 is 10.0 Å². The lowest BCUT2D eigenvalue weighted by Gasteiger charge is -2.22. The molecule has 5 nitrogen and oxygen atoms in total. The molecular weight excluding hydrogens is 295 g/mol. The number of hydrogen-bond acceptors (Lipinski definition) is 4. The Kier molecular flexibility index (Phi) is 5.75. The lowest BCUT2D eigenvalue weighted by Crippen LogP contribution is -2.43. The minimum atomic E-state index is -4.75. The van der Waals surface area contributed by atoms with E-state index in [9.17, 15) is 18.0 Å². The van der Waals surface area contributed by atoms with Crippen molar-refractivity contribution in [2.75, 3.05) is 18.9 Å². The maximum absolute atomic E-state index is 12.2. The van der Waals surface area contributed by atoms with E-state index in [0.717, 1.165) is 23.4 Å². The summed E-state index contributed by atoms with van der Waals surface area (Å²) in [7, 11) is 1.17. The van der Waals surface area contributed by atoms with E-state index in [1.54, 1.807) is 5.38 Å². The van der Waals surface area contributed by atoms with Gasteiger partial charge in [-0.05, 0) is 6.42 Å². The molecule has 0 fully saturated rings. The molecule has 2 amide bonds. The van der Waals surface area contributed by atoms with Crippen LogP contribution in [0.3, 0.4) is 0 Å². The van der Waals surface area contributed by atoms with Crippen molar-refractivity contribution in [2.45, 2.75) is 32.0 Å². The quantitative estimate of drug-likeness (QED) is 0.878. The first-order chi connectivity index (χ1) is 9.24. The molecule has 0 spiro atoms. The topological polar surface area (TPSA) is 65.5 Å². The second-order valence-electron chi connectivity index (χ2n) is 4.26. The van der Waals surface area contributed by atoms with Gasteiger partial charge in [-0.3, -0.25) is 5.32 Å². The van der Waals surface area contributed by atoms with Crippen LogP contribution in [0.2, 0.25) is 0 Å². The fraction of sp³-hybridized carbons (Fsp3) is 0.636. The molecule has 0 radical (unpaired) electrons. The summed E-state index contributed by atoms with van der Waals surface area (Å²) in [5, 5.41) is 13.4. The number of aliphatic hydroxyl groups excluding tert-OH is 1. The second kappa shape index (κ2) is 6.89. The number of carbonyl (C=O) groups is 1. The van der Waals surface area contributed by atoms with Crippen LogP contribution in [-0.2, 0) is 6.42 Å². The molecule has 0 bridgehead atoms. The molecule has 0 aliphatic heterocycles. The van der Waals surface area contributed by atoms with Crippen LogP contribution in [-0.4, -0.2) is 46.9 Å². The van der Waals surface area contributed by atoms with Crippen LogP contribution in [0.4, 0.5) is 23.1 Å². The van der Waals surface area contributed by atoms with Crippen molar-refractivity contribution < 1.29 is 23.1 Å². The van der Waals surface area contributed by atoms with E-state index in [4.69, 9.17) is 5.11 Å². The summed E-state index contributed by atoms with van der Waals surface area (Å²) in [6.07, 6.45) is -5.63. The normalized spacial score (nSPS) is 13.1. The van der Waals surface area contributed by atoms with Gasteiger partial charge in [0.15, 0.2) is 11.2 Å². The highest BCUT2D eigenvalue weighted by molar-refractivity contribution is 7.13. The zero-order valence-corrected chi connectivity index (χ0v) is 11.9. The predicted molar refractivity (Wildman–Crippen MR) is 69.8 cm³/mol. The van der Waals surface area contributed by atoms with Crippen molar-refractivity contribution >= 4 is 22.5 Å². The van der Waals surface area contributed by atoms with Crippen molar-refractivity contribution in [1.82, 2.24) is 9.88 Å². The maximum Gasteiger partial charge on any atom is 0.416 e. The zero-order valence-electron chi connectivity index (χ0n) is 11.1. The number of aromatic nitrogens is 1. The van der Waals surface area contributed by atoms with Gasteiger partial charge in [-0.1, -0.05) is 13.3 Å². The number of likely N-dealkylation sites (N-methyl/N-ethyl adjacent to an activating group) is 1. The van der Waals surface area contributed by atoms with Gasteiger partial charge in [0.25, 0.3) is 0 Å². The number of aryl methyl sites for hydroxylation is 1. The number of amides is 2. The van der Waals surface area contributed by atoms with Gasteiger partial charge in [0.05, 0.1) is 12.2 Å². The summed E-state index contributed by atoms with van der Waals surface area (Å²) in [5.74, 6) is 0. The maximum atomic E-state index is 12.2.